The molecule has 0 aliphatic heterocycles. The molecule has 1 N–H and O–H groups in total. The van der Waals surface area contributed by atoms with E-state index in [2.05, 4.69) is 15.1 Å². The number of aromatic amines is 1. The standard InChI is InChI=1S/C14H16N4O2S/c1-8-12(9(2)18(3)17-8)14-15-10-6-5-7-11(13(10)16-14)21(4,19)20/h5-7H,1-4H3,(H,15,16). The van der Waals surface area contributed by atoms with E-state index in [0.29, 0.717) is 16.9 Å². The van der Waals surface area contributed by atoms with Gasteiger partial charge in [-0.25, -0.2) is 13.4 Å². The van der Waals surface area contributed by atoms with E-state index in [9.17, 15) is 8.42 Å². The van der Waals surface area contributed by atoms with Crippen LogP contribution < -0.4 is 0 Å². The summed E-state index contributed by atoms with van der Waals surface area (Å²) in [6, 6.07) is 5.11. The Kier molecular flexibility index (Phi) is 2.91. The summed E-state index contributed by atoms with van der Waals surface area (Å²) in [6.45, 7) is 3.87. The fourth-order valence-electron chi connectivity index (χ4n) is 2.54. The molecule has 0 aliphatic rings. The van der Waals surface area contributed by atoms with E-state index in [1.807, 2.05) is 27.0 Å². The van der Waals surface area contributed by atoms with Crippen LogP contribution in [0.1, 0.15) is 11.4 Å². The van der Waals surface area contributed by atoms with Gasteiger partial charge in [-0.3, -0.25) is 4.68 Å². The molecule has 0 spiro atoms. The van der Waals surface area contributed by atoms with Gasteiger partial charge in [-0.1, -0.05) is 6.07 Å². The molecule has 2 heterocycles. The first kappa shape index (κ1) is 13.8. The van der Waals surface area contributed by atoms with Crippen molar-refractivity contribution in [2.24, 2.45) is 7.05 Å². The van der Waals surface area contributed by atoms with Crippen molar-refractivity contribution in [1.82, 2.24) is 19.7 Å². The minimum absolute atomic E-state index is 0.238. The van der Waals surface area contributed by atoms with E-state index in [1.54, 1.807) is 16.8 Å². The van der Waals surface area contributed by atoms with Gasteiger partial charge in [-0.2, -0.15) is 5.10 Å². The Balaban J connectivity index is 2.32. The number of para-hydroxylation sites is 1. The van der Waals surface area contributed by atoms with Crippen molar-refractivity contribution >= 4 is 20.9 Å². The smallest absolute Gasteiger partial charge is 0.177 e. The molecule has 7 heteroatoms. The Morgan fingerprint density at radius 3 is 2.52 bits per heavy atom. The quantitative estimate of drug-likeness (QED) is 0.785. The number of hydrogen-bond donors (Lipinski definition) is 1. The van der Waals surface area contributed by atoms with Crippen LogP contribution in [0.15, 0.2) is 23.1 Å². The minimum atomic E-state index is -3.32. The summed E-state index contributed by atoms with van der Waals surface area (Å²) in [6.07, 6.45) is 1.19. The number of hydrogen-bond acceptors (Lipinski definition) is 4. The first-order valence-electron chi connectivity index (χ1n) is 6.48. The van der Waals surface area contributed by atoms with E-state index in [-0.39, 0.29) is 4.90 Å². The summed E-state index contributed by atoms with van der Waals surface area (Å²) in [5.41, 5.74) is 3.92. The predicted octanol–water partition coefficient (Wildman–Crippen LogP) is 1.98. The Morgan fingerprint density at radius 1 is 1.24 bits per heavy atom. The van der Waals surface area contributed by atoms with Gasteiger partial charge in [0.2, 0.25) is 0 Å². The van der Waals surface area contributed by atoms with Crippen LogP contribution in [0.2, 0.25) is 0 Å². The van der Waals surface area contributed by atoms with Crippen molar-refractivity contribution in [2.45, 2.75) is 18.7 Å². The van der Waals surface area contributed by atoms with Crippen LogP contribution in [0, 0.1) is 13.8 Å². The van der Waals surface area contributed by atoms with Gasteiger partial charge >= 0.3 is 0 Å². The Labute approximate surface area is 122 Å². The third kappa shape index (κ3) is 2.13. The topological polar surface area (TPSA) is 80.6 Å². The molecular weight excluding hydrogens is 288 g/mol. The Bertz CT molecular complexity index is 951. The Hall–Kier alpha value is -2.15. The van der Waals surface area contributed by atoms with E-state index in [4.69, 9.17) is 0 Å². The zero-order valence-corrected chi connectivity index (χ0v) is 13.1. The maximum absolute atomic E-state index is 11.9. The number of aromatic nitrogens is 4. The van der Waals surface area contributed by atoms with E-state index >= 15 is 0 Å². The molecule has 0 unspecified atom stereocenters. The molecule has 1 aromatic carbocycles. The molecule has 0 aliphatic carbocycles. The van der Waals surface area contributed by atoms with Gasteiger partial charge in [0.05, 0.1) is 21.7 Å². The van der Waals surface area contributed by atoms with Crippen molar-refractivity contribution in [3.8, 4) is 11.4 Å². The minimum Gasteiger partial charge on any atom is -0.338 e. The van der Waals surface area contributed by atoms with Crippen molar-refractivity contribution in [3.63, 3.8) is 0 Å². The van der Waals surface area contributed by atoms with Crippen molar-refractivity contribution in [3.05, 3.63) is 29.6 Å². The summed E-state index contributed by atoms with van der Waals surface area (Å²) in [4.78, 5) is 7.92. The second-order valence-corrected chi connectivity index (χ2v) is 7.16. The molecule has 0 atom stereocenters. The lowest BCUT2D eigenvalue weighted by Gasteiger charge is -1.98. The zero-order chi connectivity index (χ0) is 15.4. The number of benzene rings is 1. The lowest BCUT2D eigenvalue weighted by Crippen LogP contribution is -1.97. The van der Waals surface area contributed by atoms with Crippen LogP contribution in [0.5, 0.6) is 0 Å². The van der Waals surface area contributed by atoms with Gasteiger partial charge in [0.15, 0.2) is 9.84 Å². The SMILES string of the molecule is Cc1nn(C)c(C)c1-c1nc2c(S(C)(=O)=O)cccc2[nH]1. The molecule has 6 nitrogen and oxygen atoms in total. The summed E-state index contributed by atoms with van der Waals surface area (Å²) in [7, 11) is -1.45. The third-order valence-corrected chi connectivity index (χ3v) is 4.75. The zero-order valence-electron chi connectivity index (χ0n) is 12.3. The summed E-state index contributed by atoms with van der Waals surface area (Å²) >= 11 is 0. The second-order valence-electron chi connectivity index (χ2n) is 5.18. The van der Waals surface area contributed by atoms with Gasteiger partial charge in [0.1, 0.15) is 11.3 Å². The van der Waals surface area contributed by atoms with Gasteiger partial charge in [0, 0.05) is 19.0 Å². The van der Waals surface area contributed by atoms with Crippen molar-refractivity contribution in [2.75, 3.05) is 6.26 Å². The number of fused-ring (bicyclic) bond motifs is 1. The van der Waals surface area contributed by atoms with Gasteiger partial charge in [0.25, 0.3) is 0 Å². The Morgan fingerprint density at radius 2 is 1.95 bits per heavy atom. The van der Waals surface area contributed by atoms with Crippen LogP contribution in [-0.4, -0.2) is 34.4 Å². The first-order chi connectivity index (χ1) is 9.79. The van der Waals surface area contributed by atoms with Crippen LogP contribution in [-0.2, 0) is 16.9 Å². The van der Waals surface area contributed by atoms with Crippen molar-refractivity contribution in [1.29, 1.82) is 0 Å². The third-order valence-electron chi connectivity index (χ3n) is 3.62. The number of sulfone groups is 1. The average molecular weight is 304 g/mol. The lowest BCUT2D eigenvalue weighted by molar-refractivity contribution is 0.602. The van der Waals surface area contributed by atoms with Crippen molar-refractivity contribution < 1.29 is 8.42 Å². The monoisotopic (exact) mass is 304 g/mol. The summed E-state index contributed by atoms with van der Waals surface area (Å²) < 4.78 is 25.5. The number of imidazole rings is 1. The highest BCUT2D eigenvalue weighted by Crippen LogP contribution is 2.28. The average Bonchev–Trinajstić information content (AvgIpc) is 2.89. The summed E-state index contributed by atoms with van der Waals surface area (Å²) in [5.74, 6) is 0.643. The maximum Gasteiger partial charge on any atom is 0.177 e. The second kappa shape index (κ2) is 4.42. The fourth-order valence-corrected chi connectivity index (χ4v) is 3.37. The van der Waals surface area contributed by atoms with Gasteiger partial charge in [-0.05, 0) is 26.0 Å². The number of nitrogens with one attached hydrogen (secondary N) is 1. The highest BCUT2D eigenvalue weighted by atomic mass is 32.2. The molecule has 3 aromatic rings. The molecule has 0 saturated carbocycles. The molecule has 21 heavy (non-hydrogen) atoms. The lowest BCUT2D eigenvalue weighted by atomic mass is 10.2. The van der Waals surface area contributed by atoms with Gasteiger partial charge in [-0.15, -0.1) is 0 Å². The van der Waals surface area contributed by atoms with Crippen LogP contribution >= 0.6 is 0 Å². The fraction of sp³-hybridized carbons (Fsp3) is 0.286. The molecule has 0 radical (unpaired) electrons. The molecule has 0 fully saturated rings. The molecular formula is C14H16N4O2S. The number of rotatable bonds is 2. The number of H-pyrrole nitrogens is 1. The normalized spacial score (nSPS) is 12.2. The van der Waals surface area contributed by atoms with Crippen LogP contribution in [0.4, 0.5) is 0 Å². The first-order valence-corrected chi connectivity index (χ1v) is 8.37. The molecule has 110 valence electrons. The van der Waals surface area contributed by atoms with E-state index in [1.165, 1.54) is 6.26 Å². The van der Waals surface area contributed by atoms with Crippen LogP contribution in [0.25, 0.3) is 22.4 Å². The highest BCUT2D eigenvalue weighted by Gasteiger charge is 2.19. The molecule has 0 amide bonds. The van der Waals surface area contributed by atoms with Gasteiger partial charge < -0.3 is 4.98 Å². The summed E-state index contributed by atoms with van der Waals surface area (Å²) in [5, 5.41) is 4.37. The molecule has 0 bridgehead atoms. The van der Waals surface area contributed by atoms with Crippen LogP contribution in [0.3, 0.4) is 0 Å². The largest absolute Gasteiger partial charge is 0.338 e. The molecule has 0 saturated heterocycles. The predicted molar refractivity (Wildman–Crippen MR) is 80.9 cm³/mol. The van der Waals surface area contributed by atoms with E-state index < -0.39 is 9.84 Å². The number of aryl methyl sites for hydroxylation is 2. The maximum atomic E-state index is 11.9. The molecule has 3 rings (SSSR count). The molecule has 2 aromatic heterocycles. The highest BCUT2D eigenvalue weighted by molar-refractivity contribution is 7.91. The number of nitrogens with zero attached hydrogens (tertiary/aromatic N) is 3. The van der Waals surface area contributed by atoms with E-state index in [0.717, 1.165) is 17.0 Å².